The molecular weight excluding hydrogens is 208 g/mol. The molecule has 0 aromatic rings. The zero-order chi connectivity index (χ0) is 12.3. The van der Waals surface area contributed by atoms with Gasteiger partial charge in [0.15, 0.2) is 5.78 Å². The molecule has 2 rings (SSSR count). The number of hydrogen-bond acceptors (Lipinski definition) is 1. The van der Waals surface area contributed by atoms with E-state index in [1.807, 2.05) is 6.92 Å². The number of hydrogen-bond donors (Lipinski definition) is 0. The maximum absolute atomic E-state index is 11.9. The number of allylic oxidation sites excluding steroid dienone is 1. The second-order valence-corrected chi connectivity index (χ2v) is 6.15. The summed E-state index contributed by atoms with van der Waals surface area (Å²) in [6.45, 7) is 5.65. The quantitative estimate of drug-likeness (QED) is 0.656. The van der Waals surface area contributed by atoms with Crippen LogP contribution in [0.3, 0.4) is 0 Å². The summed E-state index contributed by atoms with van der Waals surface area (Å²) in [6.07, 6.45) is 12.0. The lowest BCUT2D eigenvalue weighted by atomic mass is 9.70. The SMILES string of the molecule is C=C(C)C(=O)C1CCC(C2CCCCC2)CC1. The van der Waals surface area contributed by atoms with Crippen molar-refractivity contribution in [1.29, 1.82) is 0 Å². The minimum Gasteiger partial charge on any atom is -0.294 e. The molecule has 2 saturated carbocycles. The molecule has 1 heteroatoms. The van der Waals surface area contributed by atoms with Crippen molar-refractivity contribution in [2.75, 3.05) is 0 Å². The fourth-order valence-electron chi connectivity index (χ4n) is 3.81. The summed E-state index contributed by atoms with van der Waals surface area (Å²) in [5.41, 5.74) is 0.756. The van der Waals surface area contributed by atoms with Crippen molar-refractivity contribution in [2.45, 2.75) is 64.7 Å². The van der Waals surface area contributed by atoms with Gasteiger partial charge in [-0.3, -0.25) is 4.79 Å². The fraction of sp³-hybridized carbons (Fsp3) is 0.812. The Hall–Kier alpha value is -0.590. The van der Waals surface area contributed by atoms with Gasteiger partial charge in [0.05, 0.1) is 0 Å². The summed E-state index contributed by atoms with van der Waals surface area (Å²) in [6, 6.07) is 0. The number of rotatable bonds is 3. The van der Waals surface area contributed by atoms with Gasteiger partial charge in [0.2, 0.25) is 0 Å². The van der Waals surface area contributed by atoms with Crippen LogP contribution < -0.4 is 0 Å². The van der Waals surface area contributed by atoms with Crippen LogP contribution in [0.5, 0.6) is 0 Å². The molecule has 0 aliphatic heterocycles. The molecule has 2 aliphatic rings. The molecule has 0 aromatic heterocycles. The predicted octanol–water partition coefficient (Wildman–Crippen LogP) is 4.52. The summed E-state index contributed by atoms with van der Waals surface area (Å²) >= 11 is 0. The van der Waals surface area contributed by atoms with Gasteiger partial charge in [-0.15, -0.1) is 0 Å². The van der Waals surface area contributed by atoms with Crippen LogP contribution in [-0.2, 0) is 4.79 Å². The first-order chi connectivity index (χ1) is 8.18. The van der Waals surface area contributed by atoms with Crippen LogP contribution in [0.4, 0.5) is 0 Å². The molecule has 0 heterocycles. The van der Waals surface area contributed by atoms with Gasteiger partial charge in [0, 0.05) is 5.92 Å². The Labute approximate surface area is 106 Å². The molecule has 0 spiro atoms. The van der Waals surface area contributed by atoms with E-state index in [0.717, 1.165) is 30.3 Å². The molecule has 2 fully saturated rings. The van der Waals surface area contributed by atoms with Crippen LogP contribution >= 0.6 is 0 Å². The zero-order valence-corrected chi connectivity index (χ0v) is 11.2. The van der Waals surface area contributed by atoms with Crippen LogP contribution in [0.1, 0.15) is 64.7 Å². The van der Waals surface area contributed by atoms with Crippen LogP contribution in [0.25, 0.3) is 0 Å². The lowest BCUT2D eigenvalue weighted by Crippen LogP contribution is -2.27. The van der Waals surface area contributed by atoms with Crippen molar-refractivity contribution in [3.05, 3.63) is 12.2 Å². The van der Waals surface area contributed by atoms with Gasteiger partial charge in [0.25, 0.3) is 0 Å². The van der Waals surface area contributed by atoms with Crippen LogP contribution in [0.15, 0.2) is 12.2 Å². The van der Waals surface area contributed by atoms with Crippen molar-refractivity contribution in [2.24, 2.45) is 17.8 Å². The molecule has 0 radical (unpaired) electrons. The standard InChI is InChI=1S/C16H26O/c1-12(2)16(17)15-10-8-14(9-11-15)13-6-4-3-5-7-13/h13-15H,1,3-11H2,2H3. The Morgan fingerprint density at radius 1 is 0.882 bits per heavy atom. The first-order valence-corrected chi connectivity index (χ1v) is 7.38. The topological polar surface area (TPSA) is 17.1 Å². The molecule has 0 N–H and O–H groups in total. The van der Waals surface area contributed by atoms with Crippen molar-refractivity contribution in [3.63, 3.8) is 0 Å². The van der Waals surface area contributed by atoms with E-state index in [2.05, 4.69) is 6.58 Å². The smallest absolute Gasteiger partial charge is 0.161 e. The van der Waals surface area contributed by atoms with Gasteiger partial charge in [-0.05, 0) is 50.0 Å². The largest absolute Gasteiger partial charge is 0.294 e. The Kier molecular flexibility index (Phi) is 4.42. The Morgan fingerprint density at radius 3 is 1.94 bits per heavy atom. The number of Topliss-reactive ketones (excluding diaryl/α,β-unsaturated/α-hetero) is 1. The van der Waals surface area contributed by atoms with Crippen LogP contribution in [0, 0.1) is 17.8 Å². The van der Waals surface area contributed by atoms with E-state index in [1.54, 1.807) is 0 Å². The number of carbonyl (C=O) groups is 1. The van der Waals surface area contributed by atoms with Gasteiger partial charge in [-0.25, -0.2) is 0 Å². The van der Waals surface area contributed by atoms with Crippen LogP contribution in [-0.4, -0.2) is 5.78 Å². The molecule has 2 aliphatic carbocycles. The van der Waals surface area contributed by atoms with Crippen molar-refractivity contribution in [3.8, 4) is 0 Å². The lowest BCUT2D eigenvalue weighted by Gasteiger charge is -2.35. The van der Waals surface area contributed by atoms with Gasteiger partial charge in [-0.1, -0.05) is 38.7 Å². The molecule has 0 bridgehead atoms. The van der Waals surface area contributed by atoms with Crippen molar-refractivity contribution in [1.82, 2.24) is 0 Å². The van der Waals surface area contributed by atoms with Crippen molar-refractivity contribution < 1.29 is 4.79 Å². The summed E-state index contributed by atoms with van der Waals surface area (Å²) in [5, 5.41) is 0. The van der Waals surface area contributed by atoms with Gasteiger partial charge >= 0.3 is 0 Å². The van der Waals surface area contributed by atoms with E-state index in [9.17, 15) is 4.79 Å². The predicted molar refractivity (Wildman–Crippen MR) is 71.8 cm³/mol. The highest BCUT2D eigenvalue weighted by Crippen LogP contribution is 2.40. The molecule has 0 atom stereocenters. The highest BCUT2D eigenvalue weighted by Gasteiger charge is 2.31. The average molecular weight is 234 g/mol. The minimum absolute atomic E-state index is 0.298. The van der Waals surface area contributed by atoms with E-state index in [4.69, 9.17) is 0 Å². The number of carbonyl (C=O) groups excluding carboxylic acids is 1. The van der Waals surface area contributed by atoms with Crippen LogP contribution in [0.2, 0.25) is 0 Å². The lowest BCUT2D eigenvalue weighted by molar-refractivity contribution is -0.120. The maximum atomic E-state index is 11.9. The van der Waals surface area contributed by atoms with E-state index in [0.29, 0.717) is 11.7 Å². The third-order valence-electron chi connectivity index (χ3n) is 4.88. The second kappa shape index (κ2) is 5.84. The molecule has 0 unspecified atom stereocenters. The fourth-order valence-corrected chi connectivity index (χ4v) is 3.81. The third kappa shape index (κ3) is 3.20. The molecule has 0 saturated heterocycles. The zero-order valence-electron chi connectivity index (χ0n) is 11.2. The Balaban J connectivity index is 1.81. The summed E-state index contributed by atoms with van der Waals surface area (Å²) in [5.74, 6) is 2.52. The Morgan fingerprint density at radius 2 is 1.41 bits per heavy atom. The van der Waals surface area contributed by atoms with Gasteiger partial charge in [0.1, 0.15) is 0 Å². The van der Waals surface area contributed by atoms with Gasteiger partial charge < -0.3 is 0 Å². The average Bonchev–Trinajstić information content (AvgIpc) is 2.39. The molecular formula is C16H26O. The molecule has 0 aromatic carbocycles. The highest BCUT2D eigenvalue weighted by atomic mass is 16.1. The Bertz CT molecular complexity index is 278. The summed E-state index contributed by atoms with van der Waals surface area (Å²) in [4.78, 5) is 11.9. The molecule has 0 amide bonds. The number of ketones is 1. The van der Waals surface area contributed by atoms with E-state index >= 15 is 0 Å². The highest BCUT2D eigenvalue weighted by molar-refractivity contribution is 5.96. The first-order valence-electron chi connectivity index (χ1n) is 7.38. The molecule has 17 heavy (non-hydrogen) atoms. The van der Waals surface area contributed by atoms with E-state index < -0.39 is 0 Å². The summed E-state index contributed by atoms with van der Waals surface area (Å²) in [7, 11) is 0. The summed E-state index contributed by atoms with van der Waals surface area (Å²) < 4.78 is 0. The van der Waals surface area contributed by atoms with Crippen molar-refractivity contribution >= 4 is 5.78 Å². The van der Waals surface area contributed by atoms with Gasteiger partial charge in [-0.2, -0.15) is 0 Å². The normalized spacial score (nSPS) is 31.1. The minimum atomic E-state index is 0.298. The molecule has 96 valence electrons. The monoisotopic (exact) mass is 234 g/mol. The molecule has 1 nitrogen and oxygen atoms in total. The van der Waals surface area contributed by atoms with E-state index in [1.165, 1.54) is 44.9 Å². The first kappa shape index (κ1) is 12.9. The maximum Gasteiger partial charge on any atom is 0.161 e. The van der Waals surface area contributed by atoms with E-state index in [-0.39, 0.29) is 0 Å². The second-order valence-electron chi connectivity index (χ2n) is 6.15. The third-order valence-corrected chi connectivity index (χ3v) is 4.88.